The molecule has 0 spiro atoms. The summed E-state index contributed by atoms with van der Waals surface area (Å²) in [5.41, 5.74) is 0. The first kappa shape index (κ1) is 19.0. The lowest BCUT2D eigenvalue weighted by atomic mass is 10.1. The standard InChI is InChI=1S/C16H17BrClF2NO3S/c17-11-2-4-14(13(18)8-11)25(23,24)12-3-1-10(7-12)15(22)21-6-5-16(19,20)9-21/h2,4,8,10,12H,1,3,5-7,9H2/t10-,12-/m1/s1. The van der Waals surface area contributed by atoms with E-state index in [4.69, 9.17) is 11.6 Å². The van der Waals surface area contributed by atoms with E-state index >= 15 is 0 Å². The molecule has 1 aliphatic carbocycles. The van der Waals surface area contributed by atoms with E-state index in [-0.39, 0.29) is 35.2 Å². The molecule has 0 radical (unpaired) electrons. The minimum Gasteiger partial charge on any atom is -0.336 e. The highest BCUT2D eigenvalue weighted by Gasteiger charge is 2.45. The van der Waals surface area contributed by atoms with E-state index in [9.17, 15) is 22.0 Å². The second-order valence-corrected chi connectivity index (χ2v) is 10.1. The SMILES string of the molecule is O=C([C@@H]1CC[C@@H](S(=O)(=O)c2ccc(Br)cc2Cl)C1)N1CCC(F)(F)C1. The second-order valence-electron chi connectivity index (χ2n) is 6.62. The van der Waals surface area contributed by atoms with E-state index in [2.05, 4.69) is 15.9 Å². The Morgan fingerprint density at radius 2 is 2.04 bits per heavy atom. The van der Waals surface area contributed by atoms with Gasteiger partial charge in [0.25, 0.3) is 5.92 Å². The van der Waals surface area contributed by atoms with Gasteiger partial charge in [-0.2, -0.15) is 0 Å². The van der Waals surface area contributed by atoms with Crippen molar-refractivity contribution in [2.75, 3.05) is 13.1 Å². The Balaban J connectivity index is 1.73. The zero-order valence-electron chi connectivity index (χ0n) is 13.2. The van der Waals surface area contributed by atoms with Crippen LogP contribution in [0, 0.1) is 5.92 Å². The maximum atomic E-state index is 13.3. The highest BCUT2D eigenvalue weighted by atomic mass is 79.9. The minimum atomic E-state index is -3.67. The zero-order chi connectivity index (χ0) is 18.4. The third-order valence-electron chi connectivity index (χ3n) is 4.85. The number of likely N-dealkylation sites (tertiary alicyclic amines) is 1. The lowest BCUT2D eigenvalue weighted by Crippen LogP contribution is -2.35. The summed E-state index contributed by atoms with van der Waals surface area (Å²) in [4.78, 5) is 13.6. The van der Waals surface area contributed by atoms with Gasteiger partial charge in [0, 0.05) is 23.4 Å². The lowest BCUT2D eigenvalue weighted by molar-refractivity contribution is -0.135. The molecule has 0 aromatic heterocycles. The Bertz CT molecular complexity index is 803. The fourth-order valence-corrected chi connectivity index (χ4v) is 6.39. The Kier molecular flexibility index (Phi) is 5.16. The molecule has 1 heterocycles. The van der Waals surface area contributed by atoms with Crippen molar-refractivity contribution >= 4 is 43.3 Å². The fraction of sp³-hybridized carbons (Fsp3) is 0.562. The van der Waals surface area contributed by atoms with Gasteiger partial charge in [-0.3, -0.25) is 4.79 Å². The van der Waals surface area contributed by atoms with Gasteiger partial charge in [-0.1, -0.05) is 27.5 Å². The van der Waals surface area contributed by atoms with E-state index in [1.807, 2.05) is 0 Å². The number of amides is 1. The van der Waals surface area contributed by atoms with Gasteiger partial charge in [-0.25, -0.2) is 17.2 Å². The van der Waals surface area contributed by atoms with Gasteiger partial charge in [0.15, 0.2) is 9.84 Å². The average molecular weight is 457 g/mol. The van der Waals surface area contributed by atoms with Crippen molar-refractivity contribution < 1.29 is 22.0 Å². The van der Waals surface area contributed by atoms with Gasteiger partial charge < -0.3 is 4.90 Å². The van der Waals surface area contributed by atoms with Crippen molar-refractivity contribution in [3.05, 3.63) is 27.7 Å². The van der Waals surface area contributed by atoms with E-state index in [0.717, 1.165) is 4.90 Å². The van der Waals surface area contributed by atoms with E-state index < -0.39 is 33.5 Å². The summed E-state index contributed by atoms with van der Waals surface area (Å²) in [6, 6.07) is 4.55. The van der Waals surface area contributed by atoms with Crippen molar-refractivity contribution in [2.24, 2.45) is 5.92 Å². The first-order chi connectivity index (χ1) is 11.6. The molecule has 1 saturated heterocycles. The third kappa shape index (κ3) is 3.85. The number of benzene rings is 1. The van der Waals surface area contributed by atoms with Crippen LogP contribution in [0.1, 0.15) is 25.7 Å². The molecule has 0 N–H and O–H groups in total. The molecular formula is C16H17BrClF2NO3S. The van der Waals surface area contributed by atoms with Gasteiger partial charge in [-0.15, -0.1) is 0 Å². The molecule has 1 aliphatic heterocycles. The number of carbonyl (C=O) groups excluding carboxylic acids is 1. The summed E-state index contributed by atoms with van der Waals surface area (Å²) in [5, 5.41) is -0.591. The molecule has 2 fully saturated rings. The Hall–Kier alpha value is -0.730. The van der Waals surface area contributed by atoms with Crippen LogP contribution in [0.25, 0.3) is 0 Å². The summed E-state index contributed by atoms with van der Waals surface area (Å²) >= 11 is 9.29. The number of nitrogens with zero attached hydrogens (tertiary/aromatic N) is 1. The van der Waals surface area contributed by atoms with Gasteiger partial charge in [0.05, 0.1) is 21.7 Å². The number of hydrogen-bond donors (Lipinski definition) is 0. The smallest absolute Gasteiger partial charge is 0.267 e. The van der Waals surface area contributed by atoms with Crippen LogP contribution < -0.4 is 0 Å². The Morgan fingerprint density at radius 1 is 1.32 bits per heavy atom. The maximum Gasteiger partial charge on any atom is 0.267 e. The largest absolute Gasteiger partial charge is 0.336 e. The van der Waals surface area contributed by atoms with Crippen molar-refractivity contribution in [3.63, 3.8) is 0 Å². The molecule has 3 rings (SSSR count). The molecule has 1 aromatic rings. The first-order valence-corrected chi connectivity index (χ1v) is 10.7. The molecule has 0 unspecified atom stereocenters. The molecule has 138 valence electrons. The molecule has 2 aliphatic rings. The molecule has 9 heteroatoms. The van der Waals surface area contributed by atoms with Crippen molar-refractivity contribution in [1.29, 1.82) is 0 Å². The van der Waals surface area contributed by atoms with Crippen LogP contribution in [0.3, 0.4) is 0 Å². The summed E-state index contributed by atoms with van der Waals surface area (Å²) in [5.74, 6) is -3.73. The minimum absolute atomic E-state index is 0.0261. The van der Waals surface area contributed by atoms with Crippen LogP contribution in [-0.2, 0) is 14.6 Å². The second kappa shape index (κ2) is 6.78. The van der Waals surface area contributed by atoms with Gasteiger partial charge in [0.1, 0.15) is 0 Å². The molecule has 0 bridgehead atoms. The molecule has 1 aromatic carbocycles. The van der Waals surface area contributed by atoms with Crippen molar-refractivity contribution in [1.82, 2.24) is 4.90 Å². The van der Waals surface area contributed by atoms with Gasteiger partial charge in [0.2, 0.25) is 5.91 Å². The number of hydrogen-bond acceptors (Lipinski definition) is 3. The highest BCUT2D eigenvalue weighted by molar-refractivity contribution is 9.10. The van der Waals surface area contributed by atoms with Gasteiger partial charge in [-0.05, 0) is 37.5 Å². The number of rotatable bonds is 3. The number of halogens is 4. The fourth-order valence-electron chi connectivity index (χ4n) is 3.51. The van der Waals surface area contributed by atoms with Crippen molar-refractivity contribution in [2.45, 2.75) is 41.8 Å². The number of alkyl halides is 2. The van der Waals surface area contributed by atoms with Gasteiger partial charge >= 0.3 is 0 Å². The van der Waals surface area contributed by atoms with E-state index in [1.165, 1.54) is 12.1 Å². The van der Waals surface area contributed by atoms with Crippen LogP contribution in [0.5, 0.6) is 0 Å². The normalized spacial score (nSPS) is 26.2. The van der Waals surface area contributed by atoms with Crippen LogP contribution >= 0.6 is 27.5 Å². The van der Waals surface area contributed by atoms with Crippen LogP contribution in [0.15, 0.2) is 27.6 Å². The summed E-state index contributed by atoms with van der Waals surface area (Å²) < 4.78 is 52.9. The number of sulfone groups is 1. The molecular weight excluding hydrogens is 440 g/mol. The molecule has 1 saturated carbocycles. The maximum absolute atomic E-state index is 13.3. The average Bonchev–Trinajstić information content (AvgIpc) is 3.13. The topological polar surface area (TPSA) is 54.5 Å². The summed E-state index contributed by atoms with van der Waals surface area (Å²) in [6.45, 7) is -0.545. The highest BCUT2D eigenvalue weighted by Crippen LogP contribution is 2.38. The zero-order valence-corrected chi connectivity index (χ0v) is 16.4. The molecule has 2 atom stereocenters. The Labute approximate surface area is 158 Å². The van der Waals surface area contributed by atoms with Crippen LogP contribution in [0.2, 0.25) is 5.02 Å². The number of carbonyl (C=O) groups is 1. The Morgan fingerprint density at radius 3 is 2.64 bits per heavy atom. The predicted molar refractivity (Wildman–Crippen MR) is 93.6 cm³/mol. The predicted octanol–water partition coefficient (Wildman–Crippen LogP) is 3.91. The first-order valence-electron chi connectivity index (χ1n) is 7.96. The quantitative estimate of drug-likeness (QED) is 0.693. The van der Waals surface area contributed by atoms with Crippen LogP contribution in [0.4, 0.5) is 8.78 Å². The molecule has 4 nitrogen and oxygen atoms in total. The van der Waals surface area contributed by atoms with E-state index in [1.54, 1.807) is 6.07 Å². The lowest BCUT2D eigenvalue weighted by Gasteiger charge is -2.20. The third-order valence-corrected chi connectivity index (χ3v) is 8.05. The monoisotopic (exact) mass is 455 g/mol. The van der Waals surface area contributed by atoms with Crippen molar-refractivity contribution in [3.8, 4) is 0 Å². The van der Waals surface area contributed by atoms with Crippen LogP contribution in [-0.4, -0.2) is 43.5 Å². The summed E-state index contributed by atoms with van der Waals surface area (Å²) in [6.07, 6.45) is 0.533. The molecule has 1 amide bonds. The summed E-state index contributed by atoms with van der Waals surface area (Å²) in [7, 11) is -3.67. The molecule has 25 heavy (non-hydrogen) atoms. The van der Waals surface area contributed by atoms with E-state index in [0.29, 0.717) is 17.3 Å².